The van der Waals surface area contributed by atoms with Crippen molar-refractivity contribution >= 4 is 28.7 Å². The van der Waals surface area contributed by atoms with E-state index in [9.17, 15) is 18.4 Å². The van der Waals surface area contributed by atoms with Crippen molar-refractivity contribution < 1.29 is 32.6 Å². The summed E-state index contributed by atoms with van der Waals surface area (Å²) in [6.07, 6.45) is -1.25. The summed E-state index contributed by atoms with van der Waals surface area (Å²) in [6, 6.07) is 8.56. The normalized spacial score (nSPS) is 16.1. The highest BCUT2D eigenvalue weighted by Crippen LogP contribution is 2.37. The molecule has 4 rings (SSSR count). The number of ether oxygens (including phenoxy) is 3. The number of rotatable bonds is 7. The van der Waals surface area contributed by atoms with E-state index in [2.05, 4.69) is 4.90 Å². The minimum atomic E-state index is -2.46. The maximum absolute atomic E-state index is 13.3. The number of aryl methyl sites for hydroxylation is 1. The lowest BCUT2D eigenvalue weighted by Crippen LogP contribution is -2.49. The van der Waals surface area contributed by atoms with Gasteiger partial charge in [0.1, 0.15) is 11.4 Å². The largest absolute Gasteiger partial charge is 0.496 e. The van der Waals surface area contributed by atoms with Gasteiger partial charge in [0.2, 0.25) is 0 Å². The standard InChI is InChI=1S/C30H38F2N4O5.C2H6/c1-18-13-25(39-5)22(20-9-10-36(27(18)20)29(38)41-30(2,3)4)15-35-12-11-34(17-26(31)32)16-24(35)19-7-8-21(23(33)14-19)28(37)40-6;1-2/h7-10,13-14,24,26H,11-12,15-17,33H2,1-6H3;1-2H3. The Morgan fingerprint density at radius 3 is 2.37 bits per heavy atom. The molecule has 1 aliphatic heterocycles. The molecular formula is C32H44F2N4O5. The molecule has 3 aromatic rings. The third kappa shape index (κ3) is 7.83. The third-order valence-electron chi connectivity index (χ3n) is 7.24. The zero-order valence-corrected chi connectivity index (χ0v) is 26.4. The van der Waals surface area contributed by atoms with Gasteiger partial charge in [-0.15, -0.1) is 0 Å². The average molecular weight is 603 g/mol. The smallest absolute Gasteiger partial charge is 0.419 e. The number of aromatic nitrogens is 1. The molecule has 1 saturated heterocycles. The highest BCUT2D eigenvalue weighted by Gasteiger charge is 2.32. The van der Waals surface area contributed by atoms with Crippen molar-refractivity contribution in [3.05, 3.63) is 58.8 Å². The van der Waals surface area contributed by atoms with E-state index < -0.39 is 24.1 Å². The van der Waals surface area contributed by atoms with Crippen molar-refractivity contribution in [2.75, 3.05) is 46.1 Å². The molecular weight excluding hydrogens is 558 g/mol. The van der Waals surface area contributed by atoms with Crippen molar-refractivity contribution in [3.8, 4) is 5.75 Å². The van der Waals surface area contributed by atoms with Crippen LogP contribution in [0.15, 0.2) is 36.5 Å². The fourth-order valence-electron chi connectivity index (χ4n) is 5.40. The van der Waals surface area contributed by atoms with E-state index >= 15 is 0 Å². The molecule has 1 aromatic heterocycles. The van der Waals surface area contributed by atoms with Crippen LogP contribution >= 0.6 is 0 Å². The molecule has 2 N–H and O–H groups in total. The second-order valence-corrected chi connectivity index (χ2v) is 11.3. The number of nitrogen functional groups attached to an aromatic ring is 1. The number of nitrogens with two attached hydrogens (primary N) is 1. The summed E-state index contributed by atoms with van der Waals surface area (Å²) in [7, 11) is 2.88. The van der Waals surface area contributed by atoms with Gasteiger partial charge in [0.15, 0.2) is 0 Å². The molecule has 2 aromatic carbocycles. The van der Waals surface area contributed by atoms with Gasteiger partial charge in [-0.2, -0.15) is 0 Å². The number of methoxy groups -OCH3 is 2. The number of carbonyl (C=O) groups is 2. The zero-order chi connectivity index (χ0) is 32.1. The number of nitrogens with zero attached hydrogens (tertiary/aromatic N) is 3. The first-order valence-corrected chi connectivity index (χ1v) is 14.5. The molecule has 11 heteroatoms. The molecule has 0 spiro atoms. The summed E-state index contributed by atoms with van der Waals surface area (Å²) < 4.78 is 44.4. The average Bonchev–Trinajstić information content (AvgIpc) is 3.41. The Morgan fingerprint density at radius 1 is 1.09 bits per heavy atom. The van der Waals surface area contributed by atoms with E-state index in [4.69, 9.17) is 19.9 Å². The molecule has 0 aliphatic carbocycles. The minimum Gasteiger partial charge on any atom is -0.496 e. The van der Waals surface area contributed by atoms with Gasteiger partial charge in [-0.3, -0.25) is 14.4 Å². The van der Waals surface area contributed by atoms with E-state index in [1.807, 2.05) is 53.7 Å². The Bertz CT molecular complexity index is 1430. The predicted molar refractivity (Wildman–Crippen MR) is 164 cm³/mol. The number of carbonyl (C=O) groups excluding carboxylic acids is 2. The van der Waals surface area contributed by atoms with Crippen molar-refractivity contribution in [2.45, 2.75) is 66.2 Å². The first kappa shape index (κ1) is 33.8. The summed E-state index contributed by atoms with van der Waals surface area (Å²) >= 11 is 0. The van der Waals surface area contributed by atoms with Crippen LogP contribution in [0.5, 0.6) is 5.75 Å². The molecule has 43 heavy (non-hydrogen) atoms. The predicted octanol–water partition coefficient (Wildman–Crippen LogP) is 6.26. The second kappa shape index (κ2) is 14.2. The molecule has 2 heterocycles. The van der Waals surface area contributed by atoms with Crippen LogP contribution in [-0.2, 0) is 16.0 Å². The van der Waals surface area contributed by atoms with Crippen molar-refractivity contribution in [1.82, 2.24) is 14.4 Å². The summed E-state index contributed by atoms with van der Waals surface area (Å²) in [6.45, 7) is 12.7. The first-order chi connectivity index (χ1) is 20.3. The van der Waals surface area contributed by atoms with Crippen LogP contribution in [0, 0.1) is 6.92 Å². The maximum Gasteiger partial charge on any atom is 0.419 e. The topological polar surface area (TPSA) is 99.3 Å². The lowest BCUT2D eigenvalue weighted by atomic mass is 9.97. The van der Waals surface area contributed by atoms with E-state index in [1.165, 1.54) is 11.7 Å². The molecule has 1 unspecified atom stereocenters. The summed E-state index contributed by atoms with van der Waals surface area (Å²) in [4.78, 5) is 29.0. The molecule has 1 aliphatic rings. The van der Waals surface area contributed by atoms with Crippen LogP contribution in [-0.4, -0.2) is 78.9 Å². The number of piperazine rings is 1. The van der Waals surface area contributed by atoms with Crippen LogP contribution in [0.4, 0.5) is 19.3 Å². The SMILES string of the molecule is CC.COC(=O)c1ccc(C2CN(CC(F)F)CCN2Cc2c(OC)cc(C)c3c2ccn3C(=O)OC(C)(C)C)cc1N. The van der Waals surface area contributed by atoms with Crippen LogP contribution in [0.25, 0.3) is 10.9 Å². The van der Waals surface area contributed by atoms with Gasteiger partial charge in [0.05, 0.1) is 31.8 Å². The second-order valence-electron chi connectivity index (χ2n) is 11.3. The number of halogens is 2. The van der Waals surface area contributed by atoms with Gasteiger partial charge in [-0.05, 0) is 63.1 Å². The summed E-state index contributed by atoms with van der Waals surface area (Å²) in [5.74, 6) is 0.112. The van der Waals surface area contributed by atoms with E-state index in [0.717, 1.165) is 27.6 Å². The molecule has 1 atom stereocenters. The molecule has 0 amide bonds. The molecule has 236 valence electrons. The fourth-order valence-corrected chi connectivity index (χ4v) is 5.40. The number of benzene rings is 2. The monoisotopic (exact) mass is 602 g/mol. The Labute approximate surface area is 252 Å². The van der Waals surface area contributed by atoms with Crippen LogP contribution in [0.3, 0.4) is 0 Å². The fraction of sp³-hybridized carbons (Fsp3) is 0.500. The molecule has 9 nitrogen and oxygen atoms in total. The quantitative estimate of drug-likeness (QED) is 0.250. The molecule has 0 saturated carbocycles. The van der Waals surface area contributed by atoms with Gasteiger partial charge < -0.3 is 19.9 Å². The van der Waals surface area contributed by atoms with Crippen LogP contribution in [0.1, 0.15) is 67.7 Å². The Hall–Kier alpha value is -3.70. The highest BCUT2D eigenvalue weighted by atomic mass is 19.3. The van der Waals surface area contributed by atoms with Gasteiger partial charge in [0, 0.05) is 55.1 Å². The van der Waals surface area contributed by atoms with E-state index in [1.54, 1.807) is 36.4 Å². The van der Waals surface area contributed by atoms with Crippen molar-refractivity contribution in [2.24, 2.45) is 0 Å². The number of alkyl halides is 2. The molecule has 0 bridgehead atoms. The van der Waals surface area contributed by atoms with Crippen molar-refractivity contribution in [3.63, 3.8) is 0 Å². The maximum atomic E-state index is 13.3. The minimum absolute atomic E-state index is 0.244. The number of esters is 1. The lowest BCUT2D eigenvalue weighted by molar-refractivity contribution is 0.0245. The number of anilines is 1. The number of hydrogen-bond acceptors (Lipinski definition) is 8. The first-order valence-electron chi connectivity index (χ1n) is 14.5. The van der Waals surface area contributed by atoms with Gasteiger partial charge in [0.25, 0.3) is 6.43 Å². The molecule has 0 radical (unpaired) electrons. The number of hydrogen-bond donors (Lipinski definition) is 1. The lowest BCUT2D eigenvalue weighted by Gasteiger charge is -2.42. The van der Waals surface area contributed by atoms with Crippen LogP contribution < -0.4 is 10.5 Å². The summed E-state index contributed by atoms with van der Waals surface area (Å²) in [5.41, 5.74) is 9.27. The third-order valence-corrected chi connectivity index (χ3v) is 7.24. The van der Waals surface area contributed by atoms with Gasteiger partial charge >= 0.3 is 12.1 Å². The zero-order valence-electron chi connectivity index (χ0n) is 26.4. The molecule has 1 fully saturated rings. The Morgan fingerprint density at radius 2 is 1.79 bits per heavy atom. The van der Waals surface area contributed by atoms with Crippen molar-refractivity contribution in [1.29, 1.82) is 0 Å². The van der Waals surface area contributed by atoms with E-state index in [-0.39, 0.29) is 23.8 Å². The Kier molecular flexibility index (Phi) is 11.1. The summed E-state index contributed by atoms with van der Waals surface area (Å²) in [5, 5.41) is 0.835. The number of fused-ring (bicyclic) bond motifs is 1. The van der Waals surface area contributed by atoms with Crippen LogP contribution in [0.2, 0.25) is 0 Å². The van der Waals surface area contributed by atoms with Gasteiger partial charge in [-0.1, -0.05) is 19.9 Å². The van der Waals surface area contributed by atoms with E-state index in [0.29, 0.717) is 31.9 Å². The Balaban J connectivity index is 0.00000248. The van der Waals surface area contributed by atoms with Gasteiger partial charge in [-0.25, -0.2) is 18.4 Å². The highest BCUT2D eigenvalue weighted by molar-refractivity contribution is 5.96.